The summed E-state index contributed by atoms with van der Waals surface area (Å²) in [7, 11) is 4.07. The Balaban J connectivity index is 2.54. The molecule has 0 saturated heterocycles. The molecule has 0 aliphatic heterocycles. The first kappa shape index (κ1) is 15.8. The van der Waals surface area contributed by atoms with Gasteiger partial charge in [0.15, 0.2) is 0 Å². The van der Waals surface area contributed by atoms with E-state index in [1.807, 2.05) is 14.1 Å². The monoisotopic (exact) mass is 271 g/mol. The number of hydrogen-bond donors (Lipinski definition) is 2. The molecule has 1 aliphatic rings. The Labute approximate surface area is 114 Å². The second-order valence-corrected chi connectivity index (χ2v) is 5.39. The summed E-state index contributed by atoms with van der Waals surface area (Å²) in [5.41, 5.74) is 0.0261. The summed E-state index contributed by atoms with van der Waals surface area (Å²) in [6.45, 7) is 2.50. The Morgan fingerprint density at radius 3 is 2.26 bits per heavy atom. The number of hydrogen-bond acceptors (Lipinski definition) is 3. The van der Waals surface area contributed by atoms with Crippen LogP contribution in [0.25, 0.3) is 0 Å². The number of carbonyl (C=O) groups excluding carboxylic acids is 1. The van der Waals surface area contributed by atoms with Crippen molar-refractivity contribution in [1.82, 2.24) is 15.1 Å². The van der Waals surface area contributed by atoms with Crippen LogP contribution in [-0.4, -0.2) is 66.2 Å². The van der Waals surface area contributed by atoms with Crippen LogP contribution in [0.5, 0.6) is 0 Å². The average molecular weight is 271 g/mol. The highest BCUT2D eigenvalue weighted by Crippen LogP contribution is 2.33. The number of carboxylic acid groups (broad SMARTS) is 1. The van der Waals surface area contributed by atoms with Crippen LogP contribution < -0.4 is 5.32 Å². The van der Waals surface area contributed by atoms with E-state index in [2.05, 4.69) is 10.2 Å². The number of aliphatic carboxylic acids is 1. The van der Waals surface area contributed by atoms with Crippen LogP contribution in [0, 0.1) is 0 Å². The van der Waals surface area contributed by atoms with Crippen molar-refractivity contribution in [1.29, 1.82) is 0 Å². The van der Waals surface area contributed by atoms with Crippen LogP contribution in [0.1, 0.15) is 32.6 Å². The van der Waals surface area contributed by atoms with Gasteiger partial charge in [0, 0.05) is 18.6 Å². The summed E-state index contributed by atoms with van der Waals surface area (Å²) < 4.78 is 0. The largest absolute Gasteiger partial charge is 0.480 e. The summed E-state index contributed by atoms with van der Waals surface area (Å²) >= 11 is 0. The molecule has 0 aromatic carbocycles. The number of nitrogens with zero attached hydrogens (tertiary/aromatic N) is 2. The third kappa shape index (κ3) is 4.09. The van der Waals surface area contributed by atoms with Gasteiger partial charge in [-0.3, -0.25) is 4.79 Å². The van der Waals surface area contributed by atoms with Gasteiger partial charge in [0.25, 0.3) is 0 Å². The molecule has 2 amide bonds. The molecule has 6 nitrogen and oxygen atoms in total. The molecule has 110 valence electrons. The number of urea groups is 1. The lowest BCUT2D eigenvalue weighted by Crippen LogP contribution is -2.53. The molecular weight excluding hydrogens is 246 g/mol. The van der Waals surface area contributed by atoms with Crippen molar-refractivity contribution in [3.63, 3.8) is 0 Å². The van der Waals surface area contributed by atoms with Crippen molar-refractivity contribution >= 4 is 12.0 Å². The number of rotatable bonds is 6. The van der Waals surface area contributed by atoms with Crippen LogP contribution >= 0.6 is 0 Å². The normalized spacial score (nSPS) is 17.5. The van der Waals surface area contributed by atoms with Crippen molar-refractivity contribution in [2.75, 3.05) is 33.7 Å². The molecule has 19 heavy (non-hydrogen) atoms. The maximum atomic E-state index is 12.0. The van der Waals surface area contributed by atoms with Crippen molar-refractivity contribution in [3.8, 4) is 0 Å². The fourth-order valence-corrected chi connectivity index (χ4v) is 2.66. The molecule has 1 fully saturated rings. The molecule has 0 atom stereocenters. The van der Waals surface area contributed by atoms with E-state index in [4.69, 9.17) is 5.11 Å². The number of nitrogens with one attached hydrogen (secondary N) is 1. The molecule has 1 saturated carbocycles. The lowest BCUT2D eigenvalue weighted by Gasteiger charge is -2.37. The summed E-state index contributed by atoms with van der Waals surface area (Å²) in [6.07, 6.45) is 4.51. The van der Waals surface area contributed by atoms with Crippen molar-refractivity contribution in [2.45, 2.75) is 38.1 Å². The van der Waals surface area contributed by atoms with Gasteiger partial charge < -0.3 is 20.2 Å². The first-order valence-electron chi connectivity index (χ1n) is 6.83. The van der Waals surface area contributed by atoms with E-state index < -0.39 is 5.97 Å². The Bertz CT molecular complexity index is 325. The van der Waals surface area contributed by atoms with Gasteiger partial charge >= 0.3 is 12.0 Å². The zero-order valence-electron chi connectivity index (χ0n) is 12.1. The third-order valence-corrected chi connectivity index (χ3v) is 4.05. The van der Waals surface area contributed by atoms with Gasteiger partial charge in [-0.25, -0.2) is 4.79 Å². The average Bonchev–Trinajstić information content (AvgIpc) is 2.82. The minimum absolute atomic E-state index is 0.0261. The van der Waals surface area contributed by atoms with Crippen LogP contribution in [0.3, 0.4) is 0 Å². The van der Waals surface area contributed by atoms with Gasteiger partial charge in [-0.1, -0.05) is 12.8 Å². The maximum Gasteiger partial charge on any atom is 0.323 e. The van der Waals surface area contributed by atoms with Gasteiger partial charge in [0.2, 0.25) is 0 Å². The molecule has 0 spiro atoms. The topological polar surface area (TPSA) is 72.9 Å². The van der Waals surface area contributed by atoms with Crippen LogP contribution in [0.15, 0.2) is 0 Å². The first-order chi connectivity index (χ1) is 8.91. The van der Waals surface area contributed by atoms with E-state index in [1.165, 1.54) is 17.7 Å². The van der Waals surface area contributed by atoms with E-state index in [9.17, 15) is 9.59 Å². The van der Waals surface area contributed by atoms with Crippen LogP contribution in [0.2, 0.25) is 0 Å². The molecule has 1 aliphatic carbocycles. The fourth-order valence-electron chi connectivity index (χ4n) is 2.66. The Morgan fingerprint density at radius 1 is 1.26 bits per heavy atom. The lowest BCUT2D eigenvalue weighted by molar-refractivity contribution is -0.137. The molecule has 6 heteroatoms. The van der Waals surface area contributed by atoms with Crippen LogP contribution in [-0.2, 0) is 4.79 Å². The molecule has 0 unspecified atom stereocenters. The van der Waals surface area contributed by atoms with E-state index in [0.717, 1.165) is 12.8 Å². The summed E-state index contributed by atoms with van der Waals surface area (Å²) in [4.78, 5) is 26.1. The number of amides is 2. The smallest absolute Gasteiger partial charge is 0.323 e. The number of carbonyl (C=O) groups is 2. The SMILES string of the molecule is CCN(CC(=O)O)C(=O)NCC1(N(C)C)CCCC1. The quantitative estimate of drug-likeness (QED) is 0.755. The van der Waals surface area contributed by atoms with E-state index in [-0.39, 0.29) is 18.1 Å². The molecule has 0 aromatic heterocycles. The van der Waals surface area contributed by atoms with Crippen molar-refractivity contribution in [2.24, 2.45) is 0 Å². The van der Waals surface area contributed by atoms with Gasteiger partial charge in [-0.05, 0) is 33.9 Å². The maximum absolute atomic E-state index is 12.0. The van der Waals surface area contributed by atoms with Gasteiger partial charge in [0.1, 0.15) is 6.54 Å². The Kier molecular flexibility index (Phi) is 5.60. The summed E-state index contributed by atoms with van der Waals surface area (Å²) in [5, 5.41) is 11.6. The fraction of sp³-hybridized carbons (Fsp3) is 0.846. The second kappa shape index (κ2) is 6.75. The van der Waals surface area contributed by atoms with Gasteiger partial charge in [0.05, 0.1) is 0 Å². The van der Waals surface area contributed by atoms with Crippen molar-refractivity contribution < 1.29 is 14.7 Å². The Hall–Kier alpha value is -1.30. The molecule has 0 bridgehead atoms. The van der Waals surface area contributed by atoms with E-state index in [1.54, 1.807) is 6.92 Å². The minimum Gasteiger partial charge on any atom is -0.480 e. The van der Waals surface area contributed by atoms with E-state index in [0.29, 0.717) is 13.1 Å². The molecule has 1 rings (SSSR count). The first-order valence-corrected chi connectivity index (χ1v) is 6.83. The summed E-state index contributed by atoms with van der Waals surface area (Å²) in [6, 6.07) is -0.293. The summed E-state index contributed by atoms with van der Waals surface area (Å²) in [5.74, 6) is -0.986. The van der Waals surface area contributed by atoms with Crippen LogP contribution in [0.4, 0.5) is 4.79 Å². The number of likely N-dealkylation sites (N-methyl/N-ethyl adjacent to an activating group) is 2. The lowest BCUT2D eigenvalue weighted by atomic mass is 9.96. The van der Waals surface area contributed by atoms with E-state index >= 15 is 0 Å². The zero-order valence-corrected chi connectivity index (χ0v) is 12.1. The minimum atomic E-state index is -0.986. The van der Waals surface area contributed by atoms with Crippen molar-refractivity contribution in [3.05, 3.63) is 0 Å². The molecule has 0 aromatic rings. The van der Waals surface area contributed by atoms with Gasteiger partial charge in [-0.15, -0.1) is 0 Å². The predicted molar refractivity (Wildman–Crippen MR) is 73.2 cm³/mol. The third-order valence-electron chi connectivity index (χ3n) is 4.05. The second-order valence-electron chi connectivity index (χ2n) is 5.39. The predicted octanol–water partition coefficient (Wildman–Crippen LogP) is 0.977. The Morgan fingerprint density at radius 2 is 1.84 bits per heavy atom. The highest BCUT2D eigenvalue weighted by molar-refractivity contribution is 5.80. The number of carboxylic acids is 1. The standard InChI is InChI=1S/C13H25N3O3/c1-4-16(9-11(17)18)12(19)14-10-13(15(2)3)7-5-6-8-13/h4-10H2,1-3H3,(H,14,19)(H,17,18). The highest BCUT2D eigenvalue weighted by atomic mass is 16.4. The zero-order chi connectivity index (χ0) is 14.5. The molecule has 0 heterocycles. The molecule has 2 N–H and O–H groups in total. The molecular formula is C13H25N3O3. The van der Waals surface area contributed by atoms with Gasteiger partial charge in [-0.2, -0.15) is 0 Å². The highest BCUT2D eigenvalue weighted by Gasteiger charge is 2.36. The molecule has 0 radical (unpaired) electrons.